The van der Waals surface area contributed by atoms with Gasteiger partial charge >= 0.3 is 0 Å². The van der Waals surface area contributed by atoms with E-state index >= 15 is 0 Å². The van der Waals surface area contributed by atoms with Crippen molar-refractivity contribution >= 4 is 40.9 Å². The van der Waals surface area contributed by atoms with Crippen LogP contribution in [0.15, 0.2) is 53.4 Å². The zero-order chi connectivity index (χ0) is 19.2. The molecule has 7 heteroatoms. The quantitative estimate of drug-likeness (QED) is 0.777. The minimum absolute atomic E-state index is 0.0376. The molecule has 0 unspecified atom stereocenters. The smallest absolute Gasteiger partial charge is 0.256 e. The van der Waals surface area contributed by atoms with Gasteiger partial charge < -0.3 is 15.1 Å². The Kier molecular flexibility index (Phi) is 6.77. The average molecular weight is 404 g/mol. The predicted octanol–water partition coefficient (Wildman–Crippen LogP) is 3.46. The number of likely N-dealkylation sites (N-methyl/N-ethyl adjacent to an activating group) is 1. The second-order valence-electron chi connectivity index (χ2n) is 6.43. The Balaban J connectivity index is 1.62. The molecule has 2 aromatic carbocycles. The van der Waals surface area contributed by atoms with Crippen LogP contribution in [0.25, 0.3) is 0 Å². The number of thioether (sulfide) groups is 1. The number of benzene rings is 2. The number of hydrogen-bond donors (Lipinski definition) is 1. The number of carbonyl (C=O) groups excluding carboxylic acids is 2. The summed E-state index contributed by atoms with van der Waals surface area (Å²) in [5.74, 6) is 0.0801. The number of rotatable bonds is 5. The summed E-state index contributed by atoms with van der Waals surface area (Å²) in [6, 6.07) is 14.5. The summed E-state index contributed by atoms with van der Waals surface area (Å²) in [4.78, 5) is 30.2. The third-order valence-electron chi connectivity index (χ3n) is 4.41. The highest BCUT2D eigenvalue weighted by Gasteiger charge is 2.22. The van der Waals surface area contributed by atoms with Crippen LogP contribution in [0.3, 0.4) is 0 Å². The molecule has 0 aromatic heterocycles. The lowest BCUT2D eigenvalue weighted by Gasteiger charge is -2.32. The van der Waals surface area contributed by atoms with Crippen molar-refractivity contribution < 1.29 is 9.59 Å². The zero-order valence-electron chi connectivity index (χ0n) is 15.2. The lowest BCUT2D eigenvalue weighted by Crippen LogP contribution is -2.47. The molecule has 1 aliphatic rings. The molecule has 2 aromatic rings. The van der Waals surface area contributed by atoms with E-state index in [1.165, 1.54) is 11.8 Å². The van der Waals surface area contributed by atoms with Gasteiger partial charge in [0.15, 0.2) is 0 Å². The van der Waals surface area contributed by atoms with Crippen molar-refractivity contribution in [3.05, 3.63) is 59.1 Å². The van der Waals surface area contributed by atoms with Gasteiger partial charge in [0, 0.05) is 36.1 Å². The number of para-hydroxylation sites is 1. The van der Waals surface area contributed by atoms with E-state index < -0.39 is 0 Å². The Bertz CT molecular complexity index is 805. The van der Waals surface area contributed by atoms with Gasteiger partial charge in [0.1, 0.15) is 0 Å². The molecule has 27 heavy (non-hydrogen) atoms. The molecule has 0 atom stereocenters. The van der Waals surface area contributed by atoms with Gasteiger partial charge in [-0.2, -0.15) is 0 Å². The van der Waals surface area contributed by atoms with E-state index in [4.69, 9.17) is 11.6 Å². The number of nitrogens with zero attached hydrogens (tertiary/aromatic N) is 2. The molecule has 1 heterocycles. The number of halogens is 1. The lowest BCUT2D eigenvalue weighted by atomic mass is 10.1. The molecule has 0 aliphatic carbocycles. The van der Waals surface area contributed by atoms with Crippen molar-refractivity contribution in [3.63, 3.8) is 0 Å². The predicted molar refractivity (Wildman–Crippen MR) is 111 cm³/mol. The first-order chi connectivity index (χ1) is 13.0. The van der Waals surface area contributed by atoms with Crippen LogP contribution < -0.4 is 5.32 Å². The summed E-state index contributed by atoms with van der Waals surface area (Å²) in [6.07, 6.45) is 0. The van der Waals surface area contributed by atoms with E-state index in [1.807, 2.05) is 36.2 Å². The molecule has 1 N–H and O–H groups in total. The minimum Gasteiger partial charge on any atom is -0.336 e. The fourth-order valence-corrected chi connectivity index (χ4v) is 3.65. The summed E-state index contributed by atoms with van der Waals surface area (Å²) in [5, 5.41) is 3.54. The second kappa shape index (κ2) is 9.26. The van der Waals surface area contributed by atoms with Crippen LogP contribution in [-0.2, 0) is 4.79 Å². The number of anilines is 1. The van der Waals surface area contributed by atoms with Crippen molar-refractivity contribution in [3.8, 4) is 0 Å². The van der Waals surface area contributed by atoms with Crippen molar-refractivity contribution in [1.82, 2.24) is 9.80 Å². The summed E-state index contributed by atoms with van der Waals surface area (Å²) in [5.41, 5.74) is 1.09. The molecule has 3 rings (SSSR count). The molecule has 0 saturated carbocycles. The van der Waals surface area contributed by atoms with Crippen LogP contribution in [0.2, 0.25) is 5.02 Å². The summed E-state index contributed by atoms with van der Waals surface area (Å²) < 4.78 is 0. The molecule has 1 fully saturated rings. The normalized spacial score (nSPS) is 14.8. The van der Waals surface area contributed by atoms with Crippen LogP contribution in [0, 0.1) is 0 Å². The van der Waals surface area contributed by atoms with Gasteiger partial charge in [-0.05, 0) is 43.4 Å². The maximum absolute atomic E-state index is 12.9. The monoisotopic (exact) mass is 403 g/mol. The van der Waals surface area contributed by atoms with Gasteiger partial charge in [0.25, 0.3) is 5.91 Å². The number of hydrogen-bond acceptors (Lipinski definition) is 4. The maximum atomic E-state index is 12.9. The second-order valence-corrected chi connectivity index (χ2v) is 7.92. The van der Waals surface area contributed by atoms with Crippen LogP contribution in [-0.4, -0.2) is 60.6 Å². The van der Waals surface area contributed by atoms with Gasteiger partial charge in [0.05, 0.1) is 17.0 Å². The van der Waals surface area contributed by atoms with Crippen LogP contribution in [0.4, 0.5) is 5.69 Å². The highest BCUT2D eigenvalue weighted by Crippen LogP contribution is 2.22. The van der Waals surface area contributed by atoms with E-state index in [9.17, 15) is 9.59 Å². The zero-order valence-corrected chi connectivity index (χ0v) is 16.7. The lowest BCUT2D eigenvalue weighted by molar-refractivity contribution is -0.113. The molecular weight excluding hydrogens is 382 g/mol. The van der Waals surface area contributed by atoms with Crippen LogP contribution in [0.5, 0.6) is 0 Å². The van der Waals surface area contributed by atoms with Gasteiger partial charge in [-0.3, -0.25) is 9.59 Å². The number of piperazine rings is 1. The molecule has 0 radical (unpaired) electrons. The summed E-state index contributed by atoms with van der Waals surface area (Å²) in [6.45, 7) is 3.12. The number of amides is 2. The van der Waals surface area contributed by atoms with Crippen molar-refractivity contribution in [1.29, 1.82) is 0 Å². The highest BCUT2D eigenvalue weighted by molar-refractivity contribution is 8.00. The van der Waals surface area contributed by atoms with E-state index in [0.717, 1.165) is 18.0 Å². The topological polar surface area (TPSA) is 52.6 Å². The molecule has 1 aliphatic heterocycles. The first-order valence-corrected chi connectivity index (χ1v) is 10.1. The number of nitrogens with one attached hydrogen (secondary N) is 1. The molecule has 1 saturated heterocycles. The van der Waals surface area contributed by atoms with Crippen molar-refractivity contribution in [2.75, 3.05) is 44.3 Å². The summed E-state index contributed by atoms with van der Waals surface area (Å²) in [7, 11) is 2.05. The van der Waals surface area contributed by atoms with E-state index in [2.05, 4.69) is 10.2 Å². The fraction of sp³-hybridized carbons (Fsp3) is 0.300. The average Bonchev–Trinajstić information content (AvgIpc) is 2.68. The maximum Gasteiger partial charge on any atom is 0.256 e. The van der Waals surface area contributed by atoms with Gasteiger partial charge in [-0.25, -0.2) is 0 Å². The fourth-order valence-electron chi connectivity index (χ4n) is 2.82. The Hall–Kier alpha value is -2.02. The molecule has 5 nitrogen and oxygen atoms in total. The van der Waals surface area contributed by atoms with E-state index in [0.29, 0.717) is 29.4 Å². The molecule has 0 spiro atoms. The van der Waals surface area contributed by atoms with Crippen LogP contribution in [0.1, 0.15) is 10.4 Å². The summed E-state index contributed by atoms with van der Waals surface area (Å²) >= 11 is 7.30. The SMILES string of the molecule is CN1CCN(C(=O)c2ccccc2NC(=O)CSc2ccc(Cl)cc2)CC1. The first kappa shape index (κ1) is 19.7. The number of carbonyl (C=O) groups is 2. The third kappa shape index (κ3) is 5.48. The van der Waals surface area contributed by atoms with E-state index in [1.54, 1.807) is 24.3 Å². The van der Waals surface area contributed by atoms with Gasteiger partial charge in [0.2, 0.25) is 5.91 Å². The van der Waals surface area contributed by atoms with Gasteiger partial charge in [-0.15, -0.1) is 11.8 Å². The Labute approximate surface area is 168 Å². The molecule has 0 bridgehead atoms. The first-order valence-electron chi connectivity index (χ1n) is 8.78. The minimum atomic E-state index is -0.145. The van der Waals surface area contributed by atoms with E-state index in [-0.39, 0.29) is 17.6 Å². The van der Waals surface area contributed by atoms with Gasteiger partial charge in [-0.1, -0.05) is 23.7 Å². The highest BCUT2D eigenvalue weighted by atomic mass is 35.5. The van der Waals surface area contributed by atoms with Crippen molar-refractivity contribution in [2.45, 2.75) is 4.90 Å². The largest absolute Gasteiger partial charge is 0.336 e. The third-order valence-corrected chi connectivity index (χ3v) is 5.67. The molecular formula is C20H22ClN3O2S. The van der Waals surface area contributed by atoms with Crippen LogP contribution >= 0.6 is 23.4 Å². The molecule has 2 amide bonds. The Morgan fingerprint density at radius 3 is 2.41 bits per heavy atom. The van der Waals surface area contributed by atoms with Crippen molar-refractivity contribution in [2.24, 2.45) is 0 Å². The Morgan fingerprint density at radius 2 is 1.70 bits per heavy atom. The Morgan fingerprint density at radius 1 is 1.04 bits per heavy atom. The molecule has 142 valence electrons. The standard InChI is InChI=1S/C20H22ClN3O2S/c1-23-10-12-24(13-11-23)20(26)17-4-2-3-5-18(17)22-19(25)14-27-16-8-6-15(21)7-9-16/h2-9H,10-14H2,1H3,(H,22,25).